The summed E-state index contributed by atoms with van der Waals surface area (Å²) in [7, 11) is 9.75. The van der Waals surface area contributed by atoms with E-state index in [0.717, 1.165) is 0 Å². The Morgan fingerprint density at radius 3 is 1.79 bits per heavy atom. The molecule has 0 fully saturated rings. The van der Waals surface area contributed by atoms with Crippen LogP contribution < -0.4 is 5.73 Å². The van der Waals surface area contributed by atoms with Crippen molar-refractivity contribution in [3.8, 4) is 0 Å². The van der Waals surface area contributed by atoms with Gasteiger partial charge in [-0.3, -0.25) is 0 Å². The van der Waals surface area contributed by atoms with Crippen LogP contribution in [-0.2, 0) is 16.5 Å². The summed E-state index contributed by atoms with van der Waals surface area (Å²) in [5.74, 6) is 0. The van der Waals surface area contributed by atoms with E-state index in [1.54, 1.807) is 0 Å². The Balaban J connectivity index is 0. The van der Waals surface area contributed by atoms with Crippen LogP contribution in [-0.4, -0.2) is 0 Å². The summed E-state index contributed by atoms with van der Waals surface area (Å²) in [5, 5.41) is 0. The Kier molecular flexibility index (Phi) is 15.6. The first-order valence-electron chi connectivity index (χ1n) is 3.85. The molecule has 1 aromatic carbocycles. The molecule has 1 rings (SSSR count). The van der Waals surface area contributed by atoms with E-state index in [2.05, 4.69) is 13.2 Å². The van der Waals surface area contributed by atoms with E-state index in [9.17, 15) is 0 Å². The molecule has 0 heterocycles. The van der Waals surface area contributed by atoms with Crippen LogP contribution in [0, 0.1) is 0 Å². The summed E-state index contributed by atoms with van der Waals surface area (Å²) >= 11 is -0.472. The van der Waals surface area contributed by atoms with E-state index in [0.29, 0.717) is 0 Å². The maximum atomic E-state index is 5.61. The number of nitrogens with two attached hydrogens (primary N) is 1. The molecule has 0 aliphatic rings. The number of hydrogen-bond donors (Lipinski definition) is 1. The van der Waals surface area contributed by atoms with Gasteiger partial charge >= 0.3 is 35.3 Å². The van der Waals surface area contributed by atoms with Crippen LogP contribution in [0.3, 0.4) is 0 Å². The quantitative estimate of drug-likeness (QED) is 0.693. The first-order valence-corrected chi connectivity index (χ1v) is 9.48. The van der Waals surface area contributed by atoms with E-state index < -0.39 is 16.5 Å². The summed E-state index contributed by atoms with van der Waals surface area (Å²) in [6.07, 6.45) is 0. The van der Waals surface area contributed by atoms with E-state index in [1.807, 2.05) is 37.3 Å². The van der Waals surface area contributed by atoms with Gasteiger partial charge in [-0.25, -0.2) is 0 Å². The Hall–Kier alpha value is 0.188. The fourth-order valence-electron chi connectivity index (χ4n) is 0.757. The van der Waals surface area contributed by atoms with Gasteiger partial charge in [-0.2, -0.15) is 0 Å². The van der Waals surface area contributed by atoms with Gasteiger partial charge in [0.2, 0.25) is 0 Å². The molecule has 14 heavy (non-hydrogen) atoms. The van der Waals surface area contributed by atoms with Crippen LogP contribution in [0.1, 0.15) is 18.5 Å². The molecule has 0 aliphatic heterocycles. The van der Waals surface area contributed by atoms with Crippen molar-refractivity contribution in [2.75, 3.05) is 0 Å². The van der Waals surface area contributed by atoms with Gasteiger partial charge < -0.3 is 5.73 Å². The summed E-state index contributed by atoms with van der Waals surface area (Å²) in [4.78, 5) is 0. The third-order valence-corrected chi connectivity index (χ3v) is 1.33. The van der Waals surface area contributed by atoms with E-state index in [1.165, 1.54) is 5.56 Å². The van der Waals surface area contributed by atoms with Crippen LogP contribution in [0.2, 0.25) is 0 Å². The Bertz CT molecular complexity index is 205. The van der Waals surface area contributed by atoms with Crippen LogP contribution in [0.15, 0.2) is 43.5 Å². The van der Waals surface area contributed by atoms with E-state index in [4.69, 9.17) is 24.6 Å². The van der Waals surface area contributed by atoms with Crippen molar-refractivity contribution < 1.29 is 16.5 Å². The fraction of sp³-hybridized carbons (Fsp3) is 0.200. The summed E-state index contributed by atoms with van der Waals surface area (Å²) in [6.45, 7) is 7.98. The predicted octanol–water partition coefficient (Wildman–Crippen LogP) is 3.89. The van der Waals surface area contributed by atoms with Gasteiger partial charge in [-0.15, -0.1) is 13.2 Å². The molecule has 0 bridgehead atoms. The van der Waals surface area contributed by atoms with Gasteiger partial charge in [0.15, 0.2) is 0 Å². The van der Waals surface area contributed by atoms with E-state index >= 15 is 0 Å². The van der Waals surface area contributed by atoms with Crippen molar-refractivity contribution in [2.24, 2.45) is 5.73 Å². The molecule has 0 amide bonds. The van der Waals surface area contributed by atoms with Crippen molar-refractivity contribution in [3.05, 3.63) is 49.1 Å². The molecular formula is C10H15Cl2NPt. The van der Waals surface area contributed by atoms with Crippen molar-refractivity contribution in [1.29, 1.82) is 0 Å². The van der Waals surface area contributed by atoms with Gasteiger partial charge in [0.25, 0.3) is 0 Å². The SMILES string of the molecule is C=C.C[C@H](N)c1ccccc1.[Cl][Pt][Cl]. The molecule has 0 radical (unpaired) electrons. The fourth-order valence-corrected chi connectivity index (χ4v) is 0.757. The maximum absolute atomic E-state index is 5.61. The molecule has 0 aliphatic carbocycles. The Labute approximate surface area is 103 Å². The summed E-state index contributed by atoms with van der Waals surface area (Å²) < 4.78 is 0. The Morgan fingerprint density at radius 2 is 1.57 bits per heavy atom. The zero-order chi connectivity index (χ0) is 11.4. The second-order valence-corrected chi connectivity index (χ2v) is 5.53. The third-order valence-electron chi connectivity index (χ3n) is 1.33. The molecule has 1 aromatic rings. The second kappa shape index (κ2) is 13.2. The number of rotatable bonds is 1. The van der Waals surface area contributed by atoms with Gasteiger partial charge in [0, 0.05) is 6.04 Å². The topological polar surface area (TPSA) is 26.0 Å². The molecular weight excluding hydrogens is 400 g/mol. The summed E-state index contributed by atoms with van der Waals surface area (Å²) in [6, 6.07) is 10.2. The molecule has 0 unspecified atom stereocenters. The molecule has 2 N–H and O–H groups in total. The molecule has 4 heteroatoms. The van der Waals surface area contributed by atoms with Crippen LogP contribution >= 0.6 is 18.8 Å². The van der Waals surface area contributed by atoms with Crippen LogP contribution in [0.25, 0.3) is 0 Å². The second-order valence-electron chi connectivity index (χ2n) is 2.24. The first kappa shape index (κ1) is 16.6. The zero-order valence-electron chi connectivity index (χ0n) is 8.03. The molecule has 0 aromatic heterocycles. The first-order chi connectivity index (χ1) is 6.72. The van der Waals surface area contributed by atoms with Gasteiger partial charge in [-0.1, -0.05) is 30.3 Å². The molecule has 0 saturated carbocycles. The normalized spacial score (nSPS) is 10.3. The average Bonchev–Trinajstić information content (AvgIpc) is 2.23. The van der Waals surface area contributed by atoms with Crippen molar-refractivity contribution >= 4 is 18.8 Å². The van der Waals surface area contributed by atoms with Crippen LogP contribution in [0.5, 0.6) is 0 Å². The third kappa shape index (κ3) is 10.3. The van der Waals surface area contributed by atoms with Crippen molar-refractivity contribution in [1.82, 2.24) is 0 Å². The van der Waals surface area contributed by atoms with Crippen molar-refractivity contribution in [3.63, 3.8) is 0 Å². The molecule has 0 saturated heterocycles. The molecule has 1 atom stereocenters. The monoisotopic (exact) mass is 414 g/mol. The Morgan fingerprint density at radius 1 is 1.21 bits per heavy atom. The predicted molar refractivity (Wildman–Crippen MR) is 62.0 cm³/mol. The summed E-state index contributed by atoms with van der Waals surface area (Å²) in [5.41, 5.74) is 6.81. The minimum atomic E-state index is -0.472. The van der Waals surface area contributed by atoms with Gasteiger partial charge in [0.05, 0.1) is 0 Å². The number of benzene rings is 1. The number of halogens is 2. The zero-order valence-corrected chi connectivity index (χ0v) is 11.8. The van der Waals surface area contributed by atoms with Gasteiger partial charge in [-0.05, 0) is 12.5 Å². The number of hydrogen-bond acceptors (Lipinski definition) is 1. The molecule has 0 spiro atoms. The van der Waals surface area contributed by atoms with Gasteiger partial charge in [0.1, 0.15) is 0 Å². The standard InChI is InChI=1S/C8H11N.C2H4.2ClH.Pt/c1-7(9)8-5-3-2-4-6-8;1-2;;;/h2-7H,9H2,1H3;1-2H2;2*1H;/q;;;;+2/p-2/t7-;;;;/m0..../s1. The molecule has 84 valence electrons. The van der Waals surface area contributed by atoms with Crippen molar-refractivity contribution in [2.45, 2.75) is 13.0 Å². The average molecular weight is 415 g/mol. The van der Waals surface area contributed by atoms with Crippen LogP contribution in [0.4, 0.5) is 0 Å². The van der Waals surface area contributed by atoms with E-state index in [-0.39, 0.29) is 6.04 Å². The minimum absolute atomic E-state index is 0.159. The molecule has 1 nitrogen and oxygen atoms in total.